The van der Waals surface area contributed by atoms with E-state index >= 15 is 0 Å². The van der Waals surface area contributed by atoms with Crippen LogP contribution in [0, 0.1) is 12.7 Å². The quantitative estimate of drug-likeness (QED) is 0.514. The normalized spacial score (nSPS) is 10.3. The van der Waals surface area contributed by atoms with Crippen molar-refractivity contribution in [1.82, 2.24) is 0 Å². The average Bonchev–Trinajstić information content (AvgIpc) is 2.98. The number of carbonyl (C=O) groups excluding carboxylic acids is 4. The van der Waals surface area contributed by atoms with Gasteiger partial charge in [-0.25, -0.2) is 9.18 Å². The largest absolute Gasteiger partial charge is 0.462 e. The van der Waals surface area contributed by atoms with Crippen molar-refractivity contribution in [2.45, 2.75) is 33.6 Å². The average molecular weight is 404 g/mol. The highest BCUT2D eigenvalue weighted by atomic mass is 19.1. The van der Waals surface area contributed by atoms with Gasteiger partial charge in [0.1, 0.15) is 17.1 Å². The zero-order valence-electron chi connectivity index (χ0n) is 16.3. The summed E-state index contributed by atoms with van der Waals surface area (Å²) in [5.41, 5.74) is 0.280. The van der Waals surface area contributed by atoms with E-state index in [1.165, 1.54) is 38.1 Å². The number of esters is 1. The van der Waals surface area contributed by atoms with Crippen molar-refractivity contribution in [2.75, 3.05) is 17.2 Å². The summed E-state index contributed by atoms with van der Waals surface area (Å²) in [6.45, 7) is 4.45. The smallest absolute Gasteiger partial charge is 0.344 e. The molecule has 0 unspecified atom stereocenters. The molecule has 8 nitrogen and oxygen atoms in total. The number of nitrogens with one attached hydrogen (secondary N) is 2. The molecular formula is C20H21FN2O6. The van der Waals surface area contributed by atoms with Gasteiger partial charge in [0.15, 0.2) is 5.78 Å². The zero-order valence-corrected chi connectivity index (χ0v) is 16.3. The van der Waals surface area contributed by atoms with E-state index in [1.807, 2.05) is 0 Å². The van der Waals surface area contributed by atoms with E-state index in [1.54, 1.807) is 6.92 Å². The molecule has 0 radical (unpaired) electrons. The minimum Gasteiger partial charge on any atom is -0.462 e. The first kappa shape index (κ1) is 21.8. The molecule has 1 aromatic heterocycles. The van der Waals surface area contributed by atoms with Crippen molar-refractivity contribution in [3.8, 4) is 0 Å². The summed E-state index contributed by atoms with van der Waals surface area (Å²) in [5, 5.41) is 4.94. The van der Waals surface area contributed by atoms with E-state index < -0.39 is 29.4 Å². The number of hydrogen-bond acceptors (Lipinski definition) is 6. The fourth-order valence-corrected chi connectivity index (χ4v) is 2.63. The van der Waals surface area contributed by atoms with Crippen LogP contribution in [0.3, 0.4) is 0 Å². The molecule has 1 aromatic carbocycles. The van der Waals surface area contributed by atoms with Crippen LogP contribution >= 0.6 is 0 Å². The highest BCUT2D eigenvalue weighted by Crippen LogP contribution is 2.28. The van der Waals surface area contributed by atoms with Gasteiger partial charge in [-0.05, 0) is 45.0 Å². The third-order valence-electron chi connectivity index (χ3n) is 3.88. The molecule has 0 bridgehead atoms. The highest BCUT2D eigenvalue weighted by molar-refractivity contribution is 6.10. The van der Waals surface area contributed by atoms with Gasteiger partial charge in [-0.1, -0.05) is 0 Å². The molecule has 9 heteroatoms. The molecule has 0 atom stereocenters. The molecule has 0 saturated heterocycles. The summed E-state index contributed by atoms with van der Waals surface area (Å²) >= 11 is 0. The Hall–Kier alpha value is -3.49. The summed E-state index contributed by atoms with van der Waals surface area (Å²) < 4.78 is 23.2. The Morgan fingerprint density at radius 1 is 1.00 bits per heavy atom. The first-order valence-corrected chi connectivity index (χ1v) is 8.89. The molecule has 0 aliphatic rings. The van der Waals surface area contributed by atoms with Gasteiger partial charge in [0, 0.05) is 18.5 Å². The van der Waals surface area contributed by atoms with E-state index in [-0.39, 0.29) is 42.2 Å². The van der Waals surface area contributed by atoms with E-state index in [4.69, 9.17) is 9.15 Å². The predicted octanol–water partition coefficient (Wildman–Crippen LogP) is 3.46. The van der Waals surface area contributed by atoms with Gasteiger partial charge in [-0.3, -0.25) is 19.7 Å². The number of halogens is 1. The maximum absolute atomic E-state index is 12.9. The second-order valence-electron chi connectivity index (χ2n) is 6.12. The number of ether oxygens (including phenoxy) is 1. The molecule has 2 aromatic rings. The van der Waals surface area contributed by atoms with Crippen molar-refractivity contribution < 1.29 is 32.7 Å². The lowest BCUT2D eigenvalue weighted by Gasteiger charge is -2.07. The molecule has 1 heterocycles. The number of anilines is 2. The van der Waals surface area contributed by atoms with Crippen LogP contribution in [0.15, 0.2) is 28.7 Å². The number of ketones is 1. The lowest BCUT2D eigenvalue weighted by atomic mass is 10.1. The maximum atomic E-state index is 12.9. The van der Waals surface area contributed by atoms with Gasteiger partial charge in [0.2, 0.25) is 17.7 Å². The van der Waals surface area contributed by atoms with Crippen LogP contribution in [0.2, 0.25) is 0 Å². The van der Waals surface area contributed by atoms with Gasteiger partial charge in [-0.15, -0.1) is 0 Å². The fourth-order valence-electron chi connectivity index (χ4n) is 2.63. The number of Topliss-reactive ketones (excluding diaryl/α,β-unsaturated/α-hetero) is 1. The first-order valence-electron chi connectivity index (χ1n) is 8.89. The van der Waals surface area contributed by atoms with Crippen LogP contribution in [-0.2, 0) is 14.3 Å². The number of hydrogen-bond donors (Lipinski definition) is 2. The lowest BCUT2D eigenvalue weighted by Crippen LogP contribution is -2.19. The summed E-state index contributed by atoms with van der Waals surface area (Å²) in [7, 11) is 0. The summed E-state index contributed by atoms with van der Waals surface area (Å²) in [5.74, 6) is -2.70. The van der Waals surface area contributed by atoms with Crippen LogP contribution in [-0.4, -0.2) is 30.2 Å². The van der Waals surface area contributed by atoms with Crippen LogP contribution < -0.4 is 10.6 Å². The Balaban J connectivity index is 2.03. The second kappa shape index (κ2) is 9.63. The molecule has 29 heavy (non-hydrogen) atoms. The number of aryl methyl sites for hydroxylation is 1. The summed E-state index contributed by atoms with van der Waals surface area (Å²) in [6, 6.07) is 5.19. The maximum Gasteiger partial charge on any atom is 0.344 e. The molecule has 0 saturated carbocycles. The third kappa shape index (κ3) is 5.74. The van der Waals surface area contributed by atoms with Crippen LogP contribution in [0.25, 0.3) is 0 Å². The molecule has 0 aliphatic heterocycles. The molecule has 2 amide bonds. The molecular weight excluding hydrogens is 383 g/mol. The van der Waals surface area contributed by atoms with Crippen LogP contribution in [0.4, 0.5) is 16.0 Å². The Morgan fingerprint density at radius 3 is 2.14 bits per heavy atom. The Morgan fingerprint density at radius 2 is 1.59 bits per heavy atom. The number of rotatable bonds is 8. The molecule has 2 N–H and O–H groups in total. The fraction of sp³-hybridized carbons (Fsp3) is 0.300. The van der Waals surface area contributed by atoms with Crippen molar-refractivity contribution in [2.24, 2.45) is 0 Å². The topological polar surface area (TPSA) is 115 Å². The number of furan rings is 1. The van der Waals surface area contributed by atoms with Gasteiger partial charge >= 0.3 is 5.97 Å². The predicted molar refractivity (Wildman–Crippen MR) is 102 cm³/mol. The summed E-state index contributed by atoms with van der Waals surface area (Å²) in [6.07, 6.45) is -0.359. The minimum atomic E-state index is -0.793. The van der Waals surface area contributed by atoms with E-state index in [2.05, 4.69) is 10.6 Å². The Kier molecular flexibility index (Phi) is 7.24. The van der Waals surface area contributed by atoms with Gasteiger partial charge in [0.05, 0.1) is 12.2 Å². The van der Waals surface area contributed by atoms with Gasteiger partial charge in [0.25, 0.3) is 0 Å². The first-order chi connectivity index (χ1) is 13.7. The van der Waals surface area contributed by atoms with Crippen molar-refractivity contribution in [3.05, 3.63) is 47.0 Å². The SMILES string of the molecule is CCOC(=O)c1c(NC(=O)CCC(=O)Nc2ccc(F)cc2)oc(C)c1C(C)=O. The van der Waals surface area contributed by atoms with E-state index in [9.17, 15) is 23.6 Å². The third-order valence-corrected chi connectivity index (χ3v) is 3.88. The van der Waals surface area contributed by atoms with E-state index in [0.717, 1.165) is 0 Å². The minimum absolute atomic E-state index is 0.0350. The number of amides is 2. The van der Waals surface area contributed by atoms with Crippen LogP contribution in [0.1, 0.15) is 53.2 Å². The molecule has 154 valence electrons. The second-order valence-corrected chi connectivity index (χ2v) is 6.12. The standard InChI is InChI=1S/C20H21FN2O6/c1-4-28-20(27)18-17(11(2)24)12(3)29-19(18)23-16(26)10-9-15(25)22-14-7-5-13(21)6-8-14/h5-8H,4,9-10H2,1-3H3,(H,22,25)(H,23,26). The van der Waals surface area contributed by atoms with E-state index in [0.29, 0.717) is 5.69 Å². The van der Waals surface area contributed by atoms with Crippen molar-refractivity contribution in [1.29, 1.82) is 0 Å². The number of benzene rings is 1. The summed E-state index contributed by atoms with van der Waals surface area (Å²) in [4.78, 5) is 48.2. The molecule has 2 rings (SSSR count). The molecule has 0 spiro atoms. The number of carbonyl (C=O) groups is 4. The molecule has 0 aliphatic carbocycles. The van der Waals surface area contributed by atoms with Crippen molar-refractivity contribution >= 4 is 35.1 Å². The van der Waals surface area contributed by atoms with Crippen LogP contribution in [0.5, 0.6) is 0 Å². The highest BCUT2D eigenvalue weighted by Gasteiger charge is 2.28. The molecule has 0 fully saturated rings. The Bertz CT molecular complexity index is 933. The van der Waals surface area contributed by atoms with Gasteiger partial charge < -0.3 is 14.5 Å². The lowest BCUT2D eigenvalue weighted by molar-refractivity contribution is -0.121. The van der Waals surface area contributed by atoms with Gasteiger partial charge in [-0.2, -0.15) is 0 Å². The monoisotopic (exact) mass is 404 g/mol. The zero-order chi connectivity index (χ0) is 21.6. The Labute approximate surface area is 166 Å². The van der Waals surface area contributed by atoms with Crippen molar-refractivity contribution in [3.63, 3.8) is 0 Å².